The third kappa shape index (κ3) is 2.75. The molecule has 1 radical (unpaired) electrons. The maximum atomic E-state index is 10.6. The van der Waals surface area contributed by atoms with Gasteiger partial charge in [0.2, 0.25) is 0 Å². The molecule has 1 nitrogen and oxygen atoms in total. The smallest absolute Gasteiger partial charge is 0.0891 e. The molecule has 0 aliphatic carbocycles. The minimum Gasteiger partial charge on any atom is -0.385 e. The zero-order valence-corrected chi connectivity index (χ0v) is 12.7. The van der Waals surface area contributed by atoms with Crippen molar-refractivity contribution in [2.24, 2.45) is 0 Å². The molecule has 0 bridgehead atoms. The van der Waals surface area contributed by atoms with Gasteiger partial charge in [-0.3, -0.25) is 0 Å². The quantitative estimate of drug-likeness (QED) is 0.830. The number of thiophene rings is 1. The predicted octanol–water partition coefficient (Wildman–Crippen LogP) is 4.79. The van der Waals surface area contributed by atoms with E-state index in [0.717, 1.165) is 24.8 Å². The van der Waals surface area contributed by atoms with E-state index in [1.165, 1.54) is 16.0 Å². The van der Waals surface area contributed by atoms with Crippen LogP contribution in [0.15, 0.2) is 30.3 Å². The molecule has 2 heteroatoms. The van der Waals surface area contributed by atoms with Crippen LogP contribution >= 0.6 is 11.3 Å². The lowest BCUT2D eigenvalue weighted by atomic mass is 9.86. The van der Waals surface area contributed by atoms with Gasteiger partial charge in [-0.15, -0.1) is 11.3 Å². The number of benzene rings is 1. The van der Waals surface area contributed by atoms with Crippen LogP contribution in [0.5, 0.6) is 0 Å². The van der Waals surface area contributed by atoms with E-state index in [4.69, 9.17) is 0 Å². The average Bonchev–Trinajstić information content (AvgIpc) is 2.99. The second-order valence-corrected chi connectivity index (χ2v) is 5.76. The summed E-state index contributed by atoms with van der Waals surface area (Å²) in [4.78, 5) is 1.25. The molecule has 1 N–H and O–H groups in total. The summed E-state index contributed by atoms with van der Waals surface area (Å²) in [6.45, 7) is 6.24. The van der Waals surface area contributed by atoms with Crippen LogP contribution in [0.3, 0.4) is 0 Å². The van der Waals surface area contributed by atoms with E-state index in [2.05, 4.69) is 36.6 Å². The lowest BCUT2D eigenvalue weighted by Crippen LogP contribution is -2.23. The molecule has 0 saturated carbocycles. The highest BCUT2D eigenvalue weighted by atomic mass is 32.1. The Bertz CT molecular complexity index is 524. The van der Waals surface area contributed by atoms with Gasteiger partial charge in [0.05, 0.1) is 5.60 Å². The fourth-order valence-corrected chi connectivity index (χ4v) is 3.17. The molecule has 2 aromatic rings. The Morgan fingerprint density at radius 3 is 2.42 bits per heavy atom. The van der Waals surface area contributed by atoms with Crippen LogP contribution in [0.4, 0.5) is 0 Å². The molecular weight excluding hydrogens is 252 g/mol. The molecule has 0 unspecified atom stereocenters. The molecule has 1 aromatic heterocycles. The Kier molecular flexibility index (Phi) is 4.43. The molecular formula is C17H21OS. The van der Waals surface area contributed by atoms with Crippen LogP contribution in [-0.2, 0) is 12.0 Å². The number of rotatable bonds is 5. The summed E-state index contributed by atoms with van der Waals surface area (Å²) in [5, 5.41) is 13.8. The van der Waals surface area contributed by atoms with Crippen molar-refractivity contribution in [2.75, 3.05) is 0 Å². The lowest BCUT2D eigenvalue weighted by molar-refractivity contribution is 0.0283. The Hall–Kier alpha value is -1.12. The molecule has 2 rings (SSSR count). The first-order valence-electron chi connectivity index (χ1n) is 6.96. The Balaban J connectivity index is 2.47. The van der Waals surface area contributed by atoms with Crippen LogP contribution in [0.2, 0.25) is 0 Å². The molecule has 0 amide bonds. The normalized spacial score (nSPS) is 11.8. The van der Waals surface area contributed by atoms with Crippen LogP contribution in [0.25, 0.3) is 10.4 Å². The van der Waals surface area contributed by atoms with Crippen molar-refractivity contribution >= 4 is 11.3 Å². The monoisotopic (exact) mass is 273 g/mol. The molecule has 0 fully saturated rings. The summed E-state index contributed by atoms with van der Waals surface area (Å²) < 4.78 is 0. The molecule has 0 spiro atoms. The molecule has 0 saturated heterocycles. The van der Waals surface area contributed by atoms with Gasteiger partial charge in [-0.1, -0.05) is 39.0 Å². The Morgan fingerprint density at radius 2 is 1.89 bits per heavy atom. The second-order valence-electron chi connectivity index (χ2n) is 4.88. The van der Waals surface area contributed by atoms with E-state index >= 15 is 0 Å². The molecule has 101 valence electrons. The molecule has 0 atom stereocenters. The third-order valence-corrected chi connectivity index (χ3v) is 4.76. The van der Waals surface area contributed by atoms with Crippen molar-refractivity contribution in [3.8, 4) is 10.4 Å². The fraction of sp³-hybridized carbons (Fsp3) is 0.412. The summed E-state index contributed by atoms with van der Waals surface area (Å²) in [5.74, 6) is 0. The standard InChI is InChI=1S/C17H21OS/c1-4-13-12-14(17(18,5-2)6-3)9-10-15(13)16-8-7-11-19-16/h7-10,12,18H,4-6H2,1-3H3. The Morgan fingerprint density at radius 1 is 1.16 bits per heavy atom. The highest BCUT2D eigenvalue weighted by Crippen LogP contribution is 2.34. The largest absolute Gasteiger partial charge is 0.385 e. The van der Waals surface area contributed by atoms with Crippen molar-refractivity contribution in [1.82, 2.24) is 0 Å². The maximum absolute atomic E-state index is 10.6. The van der Waals surface area contributed by atoms with Gasteiger partial charge in [0, 0.05) is 10.3 Å². The van der Waals surface area contributed by atoms with E-state index in [1.807, 2.05) is 19.9 Å². The molecule has 19 heavy (non-hydrogen) atoms. The van der Waals surface area contributed by atoms with Gasteiger partial charge in [0.1, 0.15) is 0 Å². The van der Waals surface area contributed by atoms with E-state index in [-0.39, 0.29) is 0 Å². The molecule has 0 aliphatic heterocycles. The summed E-state index contributed by atoms with van der Waals surface area (Å²) in [6.07, 6.45) is 2.47. The van der Waals surface area contributed by atoms with Crippen LogP contribution in [0.1, 0.15) is 44.7 Å². The summed E-state index contributed by atoms with van der Waals surface area (Å²) in [7, 11) is 0. The topological polar surface area (TPSA) is 20.2 Å². The van der Waals surface area contributed by atoms with Crippen molar-refractivity contribution in [3.63, 3.8) is 0 Å². The predicted molar refractivity (Wildman–Crippen MR) is 82.4 cm³/mol. The molecule has 1 aromatic carbocycles. The van der Waals surface area contributed by atoms with E-state index in [1.54, 1.807) is 11.3 Å². The first-order valence-corrected chi connectivity index (χ1v) is 7.78. The van der Waals surface area contributed by atoms with Crippen molar-refractivity contribution < 1.29 is 5.11 Å². The van der Waals surface area contributed by atoms with Crippen molar-refractivity contribution in [3.05, 3.63) is 46.8 Å². The van der Waals surface area contributed by atoms with Crippen molar-refractivity contribution in [1.29, 1.82) is 0 Å². The maximum Gasteiger partial charge on any atom is 0.0891 e. The number of hydrogen-bond acceptors (Lipinski definition) is 2. The zero-order chi connectivity index (χ0) is 13.9. The summed E-state index contributed by atoms with van der Waals surface area (Å²) in [6, 6.07) is 10.4. The van der Waals surface area contributed by atoms with Crippen LogP contribution in [0, 0.1) is 5.38 Å². The highest BCUT2D eigenvalue weighted by Gasteiger charge is 2.25. The van der Waals surface area contributed by atoms with E-state index in [0.29, 0.717) is 0 Å². The molecule has 0 aliphatic rings. The van der Waals surface area contributed by atoms with Crippen LogP contribution < -0.4 is 0 Å². The fourth-order valence-electron chi connectivity index (χ4n) is 2.46. The highest BCUT2D eigenvalue weighted by molar-refractivity contribution is 7.13. The lowest BCUT2D eigenvalue weighted by Gasteiger charge is -2.26. The van der Waals surface area contributed by atoms with E-state index in [9.17, 15) is 5.11 Å². The zero-order valence-electron chi connectivity index (χ0n) is 11.9. The summed E-state index contributed by atoms with van der Waals surface area (Å²) >= 11 is 1.64. The van der Waals surface area contributed by atoms with Gasteiger partial charge in [-0.2, -0.15) is 0 Å². The second kappa shape index (κ2) is 5.89. The van der Waals surface area contributed by atoms with Crippen LogP contribution in [-0.4, -0.2) is 5.11 Å². The van der Waals surface area contributed by atoms with E-state index < -0.39 is 5.60 Å². The van der Waals surface area contributed by atoms with Gasteiger partial charge in [-0.25, -0.2) is 0 Å². The summed E-state index contributed by atoms with van der Waals surface area (Å²) in [5.41, 5.74) is 2.92. The minimum absolute atomic E-state index is 0.690. The van der Waals surface area contributed by atoms with Crippen molar-refractivity contribution in [2.45, 2.75) is 45.6 Å². The first-order chi connectivity index (χ1) is 9.14. The average molecular weight is 273 g/mol. The van der Waals surface area contributed by atoms with Gasteiger partial charge in [0.25, 0.3) is 0 Å². The number of aryl methyl sites for hydroxylation is 1. The molecule has 1 heterocycles. The van der Waals surface area contributed by atoms with Gasteiger partial charge >= 0.3 is 0 Å². The number of aliphatic hydroxyl groups is 1. The van der Waals surface area contributed by atoms with Gasteiger partial charge < -0.3 is 5.11 Å². The third-order valence-electron chi connectivity index (χ3n) is 3.93. The van der Waals surface area contributed by atoms with Gasteiger partial charge in [-0.05, 0) is 48.1 Å². The number of hydrogen-bond donors (Lipinski definition) is 1. The SMILES string of the molecule is CCc1cc(C(O)(CC)CC)ccc1-c1cc[c]s1. The Labute approximate surface area is 119 Å². The van der Waals surface area contributed by atoms with Gasteiger partial charge in [0.15, 0.2) is 0 Å². The minimum atomic E-state index is -0.690. The first kappa shape index (κ1) is 14.3.